The predicted octanol–water partition coefficient (Wildman–Crippen LogP) is 3.69. The molecule has 13 heavy (non-hydrogen) atoms. The number of thiophene rings is 1. The fourth-order valence-corrected chi connectivity index (χ4v) is 1.86. The van der Waals surface area contributed by atoms with E-state index in [9.17, 15) is 8.78 Å². The third kappa shape index (κ3) is 1.60. The Morgan fingerprint density at radius 3 is 2.62 bits per heavy atom. The molecule has 3 heteroatoms. The van der Waals surface area contributed by atoms with E-state index in [0.29, 0.717) is 5.56 Å². The van der Waals surface area contributed by atoms with Gasteiger partial charge in [-0.05, 0) is 29.6 Å². The molecule has 0 aliphatic rings. The van der Waals surface area contributed by atoms with Crippen molar-refractivity contribution in [2.24, 2.45) is 0 Å². The minimum atomic E-state index is -0.412. The molecule has 2 aromatic rings. The maximum absolute atomic E-state index is 13.2. The SMILES string of the molecule is Fc1ccc(F)c(-c2cccs2)c1. The maximum Gasteiger partial charge on any atom is 0.132 e. The topological polar surface area (TPSA) is 0 Å². The average molecular weight is 196 g/mol. The van der Waals surface area contributed by atoms with Crippen LogP contribution in [-0.4, -0.2) is 0 Å². The first kappa shape index (κ1) is 8.38. The molecule has 0 aliphatic heterocycles. The number of hydrogen-bond acceptors (Lipinski definition) is 1. The largest absolute Gasteiger partial charge is 0.207 e. The minimum absolute atomic E-state index is 0.329. The van der Waals surface area contributed by atoms with E-state index in [4.69, 9.17) is 0 Å². The van der Waals surface area contributed by atoms with Crippen LogP contribution in [0.15, 0.2) is 35.7 Å². The van der Waals surface area contributed by atoms with Crippen LogP contribution in [0, 0.1) is 11.6 Å². The van der Waals surface area contributed by atoms with E-state index in [0.717, 1.165) is 17.0 Å². The van der Waals surface area contributed by atoms with Gasteiger partial charge in [0.25, 0.3) is 0 Å². The molecule has 1 aromatic carbocycles. The first-order valence-electron chi connectivity index (χ1n) is 3.76. The molecule has 1 heterocycles. The van der Waals surface area contributed by atoms with Gasteiger partial charge in [0.1, 0.15) is 11.6 Å². The molecule has 0 amide bonds. The predicted molar refractivity (Wildman–Crippen MR) is 49.7 cm³/mol. The highest BCUT2D eigenvalue weighted by Crippen LogP contribution is 2.27. The molecule has 0 fully saturated rings. The molecule has 0 spiro atoms. The van der Waals surface area contributed by atoms with Crippen LogP contribution in [0.1, 0.15) is 0 Å². The quantitative estimate of drug-likeness (QED) is 0.652. The second-order valence-corrected chi connectivity index (χ2v) is 3.55. The zero-order chi connectivity index (χ0) is 9.26. The molecular weight excluding hydrogens is 190 g/mol. The monoisotopic (exact) mass is 196 g/mol. The van der Waals surface area contributed by atoms with Crippen LogP contribution in [-0.2, 0) is 0 Å². The lowest BCUT2D eigenvalue weighted by molar-refractivity contribution is 0.603. The van der Waals surface area contributed by atoms with Gasteiger partial charge in [0.15, 0.2) is 0 Å². The second kappa shape index (κ2) is 3.26. The van der Waals surface area contributed by atoms with Crippen molar-refractivity contribution < 1.29 is 8.78 Å². The number of benzene rings is 1. The van der Waals surface area contributed by atoms with E-state index in [1.807, 2.05) is 11.4 Å². The normalized spacial score (nSPS) is 10.3. The molecule has 2 rings (SSSR count). The fraction of sp³-hybridized carbons (Fsp3) is 0. The molecule has 0 atom stereocenters. The summed E-state index contributed by atoms with van der Waals surface area (Å²) in [5.41, 5.74) is 0.329. The van der Waals surface area contributed by atoms with Crippen molar-refractivity contribution in [1.82, 2.24) is 0 Å². The third-order valence-electron chi connectivity index (χ3n) is 1.72. The number of hydrogen-bond donors (Lipinski definition) is 0. The van der Waals surface area contributed by atoms with Crippen molar-refractivity contribution >= 4 is 11.3 Å². The van der Waals surface area contributed by atoms with Crippen LogP contribution in [0.4, 0.5) is 8.78 Å². The molecule has 0 N–H and O–H groups in total. The van der Waals surface area contributed by atoms with E-state index in [-0.39, 0.29) is 5.82 Å². The standard InChI is InChI=1S/C10H6F2S/c11-7-3-4-9(12)8(6-7)10-2-1-5-13-10/h1-6H. The Bertz CT molecular complexity index is 407. The van der Waals surface area contributed by atoms with E-state index in [2.05, 4.69) is 0 Å². The van der Waals surface area contributed by atoms with E-state index in [1.165, 1.54) is 17.4 Å². The van der Waals surface area contributed by atoms with Crippen molar-refractivity contribution in [1.29, 1.82) is 0 Å². The van der Waals surface area contributed by atoms with Gasteiger partial charge in [0.05, 0.1) is 0 Å². The summed E-state index contributed by atoms with van der Waals surface area (Å²) in [7, 11) is 0. The van der Waals surface area contributed by atoms with Gasteiger partial charge in [-0.2, -0.15) is 0 Å². The summed E-state index contributed by atoms with van der Waals surface area (Å²) in [5, 5.41) is 1.83. The van der Waals surface area contributed by atoms with Crippen molar-refractivity contribution in [3.8, 4) is 10.4 Å². The highest BCUT2D eigenvalue weighted by atomic mass is 32.1. The van der Waals surface area contributed by atoms with Gasteiger partial charge in [-0.25, -0.2) is 8.78 Å². The van der Waals surface area contributed by atoms with Crippen LogP contribution in [0.25, 0.3) is 10.4 Å². The zero-order valence-corrected chi connectivity index (χ0v) is 7.44. The lowest BCUT2D eigenvalue weighted by atomic mass is 10.2. The van der Waals surface area contributed by atoms with Gasteiger partial charge in [0, 0.05) is 10.4 Å². The fourth-order valence-electron chi connectivity index (χ4n) is 1.12. The van der Waals surface area contributed by atoms with Crippen LogP contribution in [0.2, 0.25) is 0 Å². The summed E-state index contributed by atoms with van der Waals surface area (Å²) in [5.74, 6) is -0.798. The molecular formula is C10H6F2S. The Morgan fingerprint density at radius 2 is 1.92 bits per heavy atom. The molecule has 0 saturated carbocycles. The maximum atomic E-state index is 13.2. The van der Waals surface area contributed by atoms with E-state index < -0.39 is 5.82 Å². The van der Waals surface area contributed by atoms with Crippen molar-refractivity contribution in [3.05, 3.63) is 47.3 Å². The first-order chi connectivity index (χ1) is 6.27. The second-order valence-electron chi connectivity index (χ2n) is 2.60. The van der Waals surface area contributed by atoms with Gasteiger partial charge in [0.2, 0.25) is 0 Å². The highest BCUT2D eigenvalue weighted by Gasteiger charge is 2.06. The van der Waals surface area contributed by atoms with Gasteiger partial charge in [-0.15, -0.1) is 11.3 Å². The zero-order valence-electron chi connectivity index (χ0n) is 6.63. The summed E-state index contributed by atoms with van der Waals surface area (Å²) in [6.45, 7) is 0. The Labute approximate surface area is 78.5 Å². The Kier molecular flexibility index (Phi) is 2.10. The van der Waals surface area contributed by atoms with Crippen molar-refractivity contribution in [2.75, 3.05) is 0 Å². The molecule has 0 bridgehead atoms. The van der Waals surface area contributed by atoms with Crippen LogP contribution < -0.4 is 0 Å². The lowest BCUT2D eigenvalue weighted by Gasteiger charge is -1.98. The first-order valence-corrected chi connectivity index (χ1v) is 4.64. The van der Waals surface area contributed by atoms with Crippen molar-refractivity contribution in [3.63, 3.8) is 0 Å². The molecule has 0 aliphatic carbocycles. The van der Waals surface area contributed by atoms with Crippen LogP contribution >= 0.6 is 11.3 Å². The smallest absolute Gasteiger partial charge is 0.132 e. The van der Waals surface area contributed by atoms with Crippen LogP contribution in [0.5, 0.6) is 0 Å². The summed E-state index contributed by atoms with van der Waals surface area (Å²) in [6.07, 6.45) is 0. The number of rotatable bonds is 1. The Hall–Kier alpha value is -1.22. The van der Waals surface area contributed by atoms with E-state index >= 15 is 0 Å². The lowest BCUT2D eigenvalue weighted by Crippen LogP contribution is -1.82. The summed E-state index contributed by atoms with van der Waals surface area (Å²) in [6, 6.07) is 7.05. The molecule has 0 unspecified atom stereocenters. The number of halogens is 2. The van der Waals surface area contributed by atoms with Gasteiger partial charge < -0.3 is 0 Å². The van der Waals surface area contributed by atoms with E-state index in [1.54, 1.807) is 6.07 Å². The van der Waals surface area contributed by atoms with Gasteiger partial charge in [-0.1, -0.05) is 6.07 Å². The molecule has 1 aromatic heterocycles. The highest BCUT2D eigenvalue weighted by molar-refractivity contribution is 7.13. The van der Waals surface area contributed by atoms with Gasteiger partial charge >= 0.3 is 0 Å². The Morgan fingerprint density at radius 1 is 1.08 bits per heavy atom. The minimum Gasteiger partial charge on any atom is -0.207 e. The summed E-state index contributed by atoms with van der Waals surface area (Å²) < 4.78 is 25.9. The Balaban J connectivity index is 2.57. The molecule has 0 saturated heterocycles. The molecule has 0 radical (unpaired) electrons. The molecule has 66 valence electrons. The summed E-state index contributed by atoms with van der Waals surface area (Å²) in [4.78, 5) is 0.747. The average Bonchev–Trinajstić information content (AvgIpc) is 2.61. The third-order valence-corrected chi connectivity index (χ3v) is 2.62. The van der Waals surface area contributed by atoms with Crippen molar-refractivity contribution in [2.45, 2.75) is 0 Å². The molecule has 0 nitrogen and oxygen atoms in total. The van der Waals surface area contributed by atoms with Gasteiger partial charge in [-0.3, -0.25) is 0 Å². The van der Waals surface area contributed by atoms with Crippen LogP contribution in [0.3, 0.4) is 0 Å². The summed E-state index contributed by atoms with van der Waals surface area (Å²) >= 11 is 1.39.